The van der Waals surface area contributed by atoms with Crippen molar-refractivity contribution in [2.45, 2.75) is 59.8 Å². The topological polar surface area (TPSA) is 29.1 Å². The third-order valence-corrected chi connectivity index (χ3v) is 3.19. The molecule has 0 spiro atoms. The number of carbonyl (C=O) groups excluding carboxylic acids is 1. The lowest BCUT2D eigenvalue weighted by molar-refractivity contribution is -0.124. The van der Waals surface area contributed by atoms with Crippen molar-refractivity contribution in [1.82, 2.24) is 5.32 Å². The molecule has 0 aliphatic carbocycles. The fourth-order valence-electron chi connectivity index (χ4n) is 1.73. The van der Waals surface area contributed by atoms with Gasteiger partial charge in [0.05, 0.1) is 0 Å². The third kappa shape index (κ3) is 8.96. The molecule has 0 saturated heterocycles. The Balaban J connectivity index is 3.67. The van der Waals surface area contributed by atoms with E-state index in [1.165, 1.54) is 12.8 Å². The molecule has 0 aliphatic heterocycles. The standard InChI is InChI=1S/C15H29NO/c1-5-7-8-9-10-11-16-15(17)14(4)12-13(3)6-2/h9-10,13-14H,5-8,11-12H2,1-4H3,(H,16,17). The maximum Gasteiger partial charge on any atom is 0.223 e. The molecule has 0 bridgehead atoms. The molecule has 17 heavy (non-hydrogen) atoms. The van der Waals surface area contributed by atoms with Crippen molar-refractivity contribution in [2.24, 2.45) is 11.8 Å². The molecule has 0 rings (SSSR count). The van der Waals surface area contributed by atoms with E-state index in [1.807, 2.05) is 6.92 Å². The van der Waals surface area contributed by atoms with Gasteiger partial charge in [-0.05, 0) is 18.8 Å². The molecule has 0 aromatic heterocycles. The zero-order valence-corrected chi connectivity index (χ0v) is 12.0. The van der Waals surface area contributed by atoms with Crippen molar-refractivity contribution >= 4 is 5.91 Å². The Morgan fingerprint density at radius 3 is 2.53 bits per heavy atom. The minimum Gasteiger partial charge on any atom is -0.352 e. The first-order chi connectivity index (χ1) is 8.11. The zero-order valence-electron chi connectivity index (χ0n) is 12.0. The van der Waals surface area contributed by atoms with Gasteiger partial charge in [0.2, 0.25) is 5.91 Å². The number of unbranched alkanes of at least 4 members (excludes halogenated alkanes) is 2. The second kappa shape index (κ2) is 10.4. The fourth-order valence-corrected chi connectivity index (χ4v) is 1.73. The largest absolute Gasteiger partial charge is 0.352 e. The number of carbonyl (C=O) groups is 1. The van der Waals surface area contributed by atoms with E-state index in [0.717, 1.165) is 19.3 Å². The summed E-state index contributed by atoms with van der Waals surface area (Å²) in [6.07, 6.45) is 9.93. The summed E-state index contributed by atoms with van der Waals surface area (Å²) in [5.41, 5.74) is 0. The van der Waals surface area contributed by atoms with Gasteiger partial charge in [-0.2, -0.15) is 0 Å². The van der Waals surface area contributed by atoms with Gasteiger partial charge >= 0.3 is 0 Å². The first kappa shape index (κ1) is 16.2. The molecule has 2 atom stereocenters. The number of hydrogen-bond acceptors (Lipinski definition) is 1. The SMILES string of the molecule is CCCCC=CCNC(=O)C(C)CC(C)CC. The summed E-state index contributed by atoms with van der Waals surface area (Å²) >= 11 is 0. The summed E-state index contributed by atoms with van der Waals surface area (Å²) in [6.45, 7) is 9.25. The molecule has 1 N–H and O–H groups in total. The quantitative estimate of drug-likeness (QED) is 0.479. The highest BCUT2D eigenvalue weighted by Crippen LogP contribution is 2.14. The van der Waals surface area contributed by atoms with Crippen molar-refractivity contribution < 1.29 is 4.79 Å². The minimum absolute atomic E-state index is 0.133. The smallest absolute Gasteiger partial charge is 0.223 e. The number of allylic oxidation sites excluding steroid dienone is 1. The summed E-state index contributed by atoms with van der Waals surface area (Å²) in [7, 11) is 0. The zero-order chi connectivity index (χ0) is 13.1. The van der Waals surface area contributed by atoms with E-state index in [1.54, 1.807) is 0 Å². The molecule has 0 saturated carbocycles. The maximum absolute atomic E-state index is 11.7. The summed E-state index contributed by atoms with van der Waals surface area (Å²) in [4.78, 5) is 11.7. The van der Waals surface area contributed by atoms with E-state index in [2.05, 4.69) is 38.2 Å². The molecule has 0 aliphatic rings. The van der Waals surface area contributed by atoms with Gasteiger partial charge in [0.1, 0.15) is 0 Å². The van der Waals surface area contributed by atoms with Gasteiger partial charge in [-0.1, -0.05) is 59.1 Å². The average molecular weight is 239 g/mol. The molecule has 0 heterocycles. The lowest BCUT2D eigenvalue weighted by Crippen LogP contribution is -2.30. The predicted molar refractivity (Wildman–Crippen MR) is 74.9 cm³/mol. The molecular weight excluding hydrogens is 210 g/mol. The van der Waals surface area contributed by atoms with E-state index < -0.39 is 0 Å². The molecule has 2 heteroatoms. The molecule has 100 valence electrons. The average Bonchev–Trinajstić information content (AvgIpc) is 2.32. The van der Waals surface area contributed by atoms with E-state index in [4.69, 9.17) is 0 Å². The van der Waals surface area contributed by atoms with Crippen LogP contribution in [0.3, 0.4) is 0 Å². The molecule has 2 unspecified atom stereocenters. The maximum atomic E-state index is 11.7. The Kier molecular flexibility index (Phi) is 9.89. The van der Waals surface area contributed by atoms with Gasteiger partial charge in [0.25, 0.3) is 0 Å². The molecule has 0 radical (unpaired) electrons. The lowest BCUT2D eigenvalue weighted by Gasteiger charge is -2.15. The molecule has 1 amide bonds. The van der Waals surface area contributed by atoms with Crippen molar-refractivity contribution in [3.63, 3.8) is 0 Å². The highest BCUT2D eigenvalue weighted by molar-refractivity contribution is 5.78. The Morgan fingerprint density at radius 2 is 1.94 bits per heavy atom. The van der Waals surface area contributed by atoms with E-state index in [-0.39, 0.29) is 11.8 Å². The Labute approximate surface area is 107 Å². The molecular formula is C15H29NO. The van der Waals surface area contributed by atoms with Crippen LogP contribution in [0.25, 0.3) is 0 Å². The Morgan fingerprint density at radius 1 is 1.24 bits per heavy atom. The highest BCUT2D eigenvalue weighted by Gasteiger charge is 2.14. The number of amides is 1. The van der Waals surface area contributed by atoms with E-state index >= 15 is 0 Å². The predicted octanol–water partition coefficient (Wildman–Crippen LogP) is 3.92. The highest BCUT2D eigenvalue weighted by atomic mass is 16.1. The minimum atomic E-state index is 0.133. The van der Waals surface area contributed by atoms with Crippen LogP contribution in [-0.2, 0) is 4.79 Å². The number of hydrogen-bond donors (Lipinski definition) is 1. The normalized spacial score (nSPS) is 14.8. The summed E-state index contributed by atoms with van der Waals surface area (Å²) in [6, 6.07) is 0. The van der Waals surface area contributed by atoms with Gasteiger partial charge in [-0.15, -0.1) is 0 Å². The second-order valence-corrected chi connectivity index (χ2v) is 5.01. The van der Waals surface area contributed by atoms with Crippen LogP contribution in [0.2, 0.25) is 0 Å². The van der Waals surface area contributed by atoms with E-state index in [9.17, 15) is 4.79 Å². The van der Waals surface area contributed by atoms with Crippen LogP contribution in [0.1, 0.15) is 59.8 Å². The Hall–Kier alpha value is -0.790. The van der Waals surface area contributed by atoms with Crippen molar-refractivity contribution in [2.75, 3.05) is 6.54 Å². The van der Waals surface area contributed by atoms with E-state index in [0.29, 0.717) is 12.5 Å². The molecule has 2 nitrogen and oxygen atoms in total. The van der Waals surface area contributed by atoms with Gasteiger partial charge in [0.15, 0.2) is 0 Å². The monoisotopic (exact) mass is 239 g/mol. The van der Waals surface area contributed by atoms with Crippen LogP contribution >= 0.6 is 0 Å². The van der Waals surface area contributed by atoms with Crippen LogP contribution < -0.4 is 5.32 Å². The van der Waals surface area contributed by atoms with Crippen LogP contribution in [0.5, 0.6) is 0 Å². The third-order valence-electron chi connectivity index (χ3n) is 3.19. The first-order valence-electron chi connectivity index (χ1n) is 7.04. The van der Waals surface area contributed by atoms with Gasteiger partial charge in [-0.3, -0.25) is 4.79 Å². The number of rotatable bonds is 9. The van der Waals surface area contributed by atoms with Crippen molar-refractivity contribution in [1.29, 1.82) is 0 Å². The summed E-state index contributed by atoms with van der Waals surface area (Å²) in [5, 5.41) is 2.96. The van der Waals surface area contributed by atoms with Crippen LogP contribution in [0, 0.1) is 11.8 Å². The lowest BCUT2D eigenvalue weighted by atomic mass is 9.95. The van der Waals surface area contributed by atoms with Crippen molar-refractivity contribution in [3.8, 4) is 0 Å². The fraction of sp³-hybridized carbons (Fsp3) is 0.800. The number of nitrogens with one attached hydrogen (secondary N) is 1. The first-order valence-corrected chi connectivity index (χ1v) is 7.04. The van der Waals surface area contributed by atoms with Gasteiger partial charge < -0.3 is 5.32 Å². The second-order valence-electron chi connectivity index (χ2n) is 5.01. The summed E-state index contributed by atoms with van der Waals surface area (Å²) in [5.74, 6) is 0.954. The molecule has 0 fully saturated rings. The van der Waals surface area contributed by atoms with Crippen LogP contribution in [0.4, 0.5) is 0 Å². The van der Waals surface area contributed by atoms with Gasteiger partial charge in [-0.25, -0.2) is 0 Å². The Bertz CT molecular complexity index is 223. The van der Waals surface area contributed by atoms with Crippen LogP contribution in [0.15, 0.2) is 12.2 Å². The summed E-state index contributed by atoms with van der Waals surface area (Å²) < 4.78 is 0. The molecule has 0 aromatic carbocycles. The van der Waals surface area contributed by atoms with Gasteiger partial charge in [0, 0.05) is 12.5 Å². The van der Waals surface area contributed by atoms with Crippen molar-refractivity contribution in [3.05, 3.63) is 12.2 Å². The van der Waals surface area contributed by atoms with Crippen LogP contribution in [-0.4, -0.2) is 12.5 Å². The molecule has 0 aromatic rings.